The van der Waals surface area contributed by atoms with Gasteiger partial charge in [0, 0.05) is 6.26 Å². The number of aromatic nitrogens is 3. The van der Waals surface area contributed by atoms with Crippen LogP contribution in [-0.2, 0) is 16.0 Å². The first kappa shape index (κ1) is 18.8. The van der Waals surface area contributed by atoms with Gasteiger partial charge in [-0.2, -0.15) is 22.8 Å². The van der Waals surface area contributed by atoms with Gasteiger partial charge in [0.25, 0.3) is 5.82 Å². The zero-order chi connectivity index (χ0) is 19.8. The molecule has 0 N–H and O–H groups in total. The summed E-state index contributed by atoms with van der Waals surface area (Å²) in [5.74, 6) is -1.94. The number of alkyl halides is 3. The van der Waals surface area contributed by atoms with Crippen LogP contribution in [0.25, 0.3) is 5.69 Å². The summed E-state index contributed by atoms with van der Waals surface area (Å²) < 4.78 is 81.0. The van der Waals surface area contributed by atoms with E-state index in [2.05, 4.69) is 10.1 Å². The maximum atomic E-state index is 13.0. The lowest BCUT2D eigenvalue weighted by Gasteiger charge is -2.07. The summed E-state index contributed by atoms with van der Waals surface area (Å²) in [6.45, 7) is 0. The summed E-state index contributed by atoms with van der Waals surface area (Å²) in [5.41, 5.74) is 0.0995. The monoisotopic (exact) mass is 401 g/mol. The highest BCUT2D eigenvalue weighted by molar-refractivity contribution is 7.90. The van der Waals surface area contributed by atoms with Crippen molar-refractivity contribution in [2.24, 2.45) is 0 Å². The maximum Gasteiger partial charge on any atom is 0.453 e. The van der Waals surface area contributed by atoms with Gasteiger partial charge in [-0.3, -0.25) is 0 Å². The van der Waals surface area contributed by atoms with Crippen LogP contribution in [0.15, 0.2) is 53.4 Å². The van der Waals surface area contributed by atoms with Gasteiger partial charge in [-0.1, -0.05) is 0 Å². The van der Waals surface area contributed by atoms with Crippen LogP contribution in [0.5, 0.6) is 11.8 Å². The van der Waals surface area contributed by atoms with Crippen molar-refractivity contribution < 1.29 is 30.7 Å². The topological polar surface area (TPSA) is 74.1 Å². The van der Waals surface area contributed by atoms with E-state index in [9.17, 15) is 26.0 Å². The Morgan fingerprint density at radius 1 is 1.00 bits per heavy atom. The molecule has 3 rings (SSSR count). The van der Waals surface area contributed by atoms with E-state index in [1.54, 1.807) is 0 Å². The van der Waals surface area contributed by atoms with Gasteiger partial charge in [0.15, 0.2) is 9.84 Å². The molecule has 142 valence electrons. The van der Waals surface area contributed by atoms with E-state index in [0.29, 0.717) is 0 Å². The minimum atomic E-state index is -4.82. The predicted molar refractivity (Wildman–Crippen MR) is 85.9 cm³/mol. The molecule has 11 heteroatoms. The highest BCUT2D eigenvalue weighted by atomic mass is 32.2. The molecule has 0 unspecified atom stereocenters. The van der Waals surface area contributed by atoms with Crippen LogP contribution in [0.4, 0.5) is 17.6 Å². The van der Waals surface area contributed by atoms with Crippen LogP contribution >= 0.6 is 0 Å². The number of hydrogen-bond acceptors (Lipinski definition) is 5. The maximum absolute atomic E-state index is 13.0. The zero-order valence-corrected chi connectivity index (χ0v) is 14.4. The quantitative estimate of drug-likeness (QED) is 0.625. The Bertz CT molecular complexity index is 1060. The van der Waals surface area contributed by atoms with Crippen molar-refractivity contribution in [3.63, 3.8) is 0 Å². The SMILES string of the molecule is CS(=O)(=O)c1ccc(-n2nc(C(F)(F)F)nc2Oc2ccc(F)cc2)cc1. The lowest BCUT2D eigenvalue weighted by atomic mass is 10.3. The molecular formula is C16H11F4N3O3S. The average Bonchev–Trinajstić information content (AvgIpc) is 3.00. The van der Waals surface area contributed by atoms with E-state index < -0.39 is 33.7 Å². The molecule has 3 aromatic rings. The van der Waals surface area contributed by atoms with Crippen LogP contribution in [0.1, 0.15) is 5.82 Å². The summed E-state index contributed by atoms with van der Waals surface area (Å²) in [6, 6.07) is 9.04. The van der Waals surface area contributed by atoms with Crippen LogP contribution in [-0.4, -0.2) is 29.4 Å². The third-order valence-corrected chi connectivity index (χ3v) is 4.49. The lowest BCUT2D eigenvalue weighted by Crippen LogP contribution is -2.08. The van der Waals surface area contributed by atoms with Gasteiger partial charge in [-0.05, 0) is 48.5 Å². The van der Waals surface area contributed by atoms with Crippen molar-refractivity contribution in [2.45, 2.75) is 11.1 Å². The summed E-state index contributed by atoms with van der Waals surface area (Å²) in [7, 11) is -3.47. The number of halogens is 4. The first-order valence-corrected chi connectivity index (χ1v) is 9.21. The van der Waals surface area contributed by atoms with E-state index >= 15 is 0 Å². The highest BCUT2D eigenvalue weighted by Crippen LogP contribution is 2.31. The molecule has 0 aliphatic carbocycles. The third-order valence-electron chi connectivity index (χ3n) is 3.36. The number of sulfone groups is 1. The highest BCUT2D eigenvalue weighted by Gasteiger charge is 2.38. The zero-order valence-electron chi connectivity index (χ0n) is 13.6. The normalized spacial score (nSPS) is 12.2. The first-order chi connectivity index (χ1) is 12.5. The van der Waals surface area contributed by atoms with E-state index in [1.165, 1.54) is 36.4 Å². The van der Waals surface area contributed by atoms with E-state index in [4.69, 9.17) is 4.74 Å². The minimum absolute atomic E-state index is 0.0107. The molecule has 0 aliphatic rings. The fraction of sp³-hybridized carbons (Fsp3) is 0.125. The molecule has 2 aromatic carbocycles. The van der Waals surface area contributed by atoms with E-state index in [-0.39, 0.29) is 16.3 Å². The second kappa shape index (κ2) is 6.65. The summed E-state index contributed by atoms with van der Waals surface area (Å²) in [5, 5.41) is 3.39. The molecule has 1 heterocycles. The van der Waals surface area contributed by atoms with E-state index in [0.717, 1.165) is 23.1 Å². The van der Waals surface area contributed by atoms with Gasteiger partial charge in [0.1, 0.15) is 11.6 Å². The molecule has 0 radical (unpaired) electrons. The molecule has 6 nitrogen and oxygen atoms in total. The first-order valence-electron chi connectivity index (χ1n) is 7.32. The summed E-state index contributed by atoms with van der Waals surface area (Å²) in [4.78, 5) is 3.33. The van der Waals surface area contributed by atoms with Gasteiger partial charge < -0.3 is 4.74 Å². The second-order valence-electron chi connectivity index (χ2n) is 5.45. The molecule has 0 bridgehead atoms. The van der Waals surface area contributed by atoms with Crippen molar-refractivity contribution in [1.29, 1.82) is 0 Å². The van der Waals surface area contributed by atoms with Crippen molar-refractivity contribution >= 4 is 9.84 Å². The Hall–Kier alpha value is -2.95. The Morgan fingerprint density at radius 2 is 1.59 bits per heavy atom. The Morgan fingerprint density at radius 3 is 2.11 bits per heavy atom. The Kier molecular flexibility index (Phi) is 4.64. The predicted octanol–water partition coefficient (Wildman–Crippen LogP) is 3.62. The largest absolute Gasteiger partial charge is 0.453 e. The van der Waals surface area contributed by atoms with E-state index in [1.807, 2.05) is 0 Å². The number of benzene rings is 2. The Labute approximate surface area is 151 Å². The lowest BCUT2D eigenvalue weighted by molar-refractivity contribution is -0.144. The average molecular weight is 401 g/mol. The fourth-order valence-electron chi connectivity index (χ4n) is 2.09. The van der Waals surface area contributed by atoms with Crippen molar-refractivity contribution in [3.05, 3.63) is 60.2 Å². The van der Waals surface area contributed by atoms with Crippen molar-refractivity contribution in [1.82, 2.24) is 14.8 Å². The summed E-state index contributed by atoms with van der Waals surface area (Å²) in [6.07, 6.45) is -3.82. The van der Waals surface area contributed by atoms with Crippen LogP contribution in [0.2, 0.25) is 0 Å². The number of nitrogens with zero attached hydrogens (tertiary/aromatic N) is 3. The van der Waals surface area contributed by atoms with Gasteiger partial charge in [0.05, 0.1) is 10.6 Å². The molecule has 0 spiro atoms. The standard InChI is InChI=1S/C16H11F4N3O3S/c1-27(24,25)13-8-4-11(5-9-13)23-15(21-14(22-23)16(18,19)20)26-12-6-2-10(17)3-7-12/h2-9H,1H3. The number of rotatable bonds is 4. The van der Waals surface area contributed by atoms with Crippen molar-refractivity contribution in [3.8, 4) is 17.4 Å². The second-order valence-corrected chi connectivity index (χ2v) is 7.47. The molecule has 0 amide bonds. The number of hydrogen-bond donors (Lipinski definition) is 0. The molecule has 0 aliphatic heterocycles. The van der Waals surface area contributed by atoms with Crippen LogP contribution < -0.4 is 4.74 Å². The van der Waals surface area contributed by atoms with Crippen LogP contribution in [0, 0.1) is 5.82 Å². The molecule has 0 atom stereocenters. The molecular weight excluding hydrogens is 390 g/mol. The molecule has 1 aromatic heterocycles. The van der Waals surface area contributed by atoms with Gasteiger partial charge in [-0.15, -0.1) is 5.10 Å². The molecule has 27 heavy (non-hydrogen) atoms. The molecule has 0 saturated heterocycles. The fourth-order valence-corrected chi connectivity index (χ4v) is 2.73. The molecule has 0 fully saturated rings. The van der Waals surface area contributed by atoms with Gasteiger partial charge in [0.2, 0.25) is 0 Å². The van der Waals surface area contributed by atoms with Crippen molar-refractivity contribution in [2.75, 3.05) is 6.26 Å². The Balaban J connectivity index is 2.05. The smallest absolute Gasteiger partial charge is 0.424 e. The van der Waals surface area contributed by atoms with Gasteiger partial charge in [-0.25, -0.2) is 12.8 Å². The molecule has 0 saturated carbocycles. The van der Waals surface area contributed by atoms with Crippen LogP contribution in [0.3, 0.4) is 0 Å². The summed E-state index contributed by atoms with van der Waals surface area (Å²) >= 11 is 0. The number of ether oxygens (including phenoxy) is 1. The third kappa shape index (κ3) is 4.25. The van der Waals surface area contributed by atoms with Gasteiger partial charge >= 0.3 is 12.2 Å². The minimum Gasteiger partial charge on any atom is -0.424 e.